The fraction of sp³-hybridized carbons (Fsp3) is 0.923. The molecule has 1 heterocycles. The van der Waals surface area contributed by atoms with Crippen LogP contribution in [-0.2, 0) is 9.53 Å². The second-order valence-corrected chi connectivity index (χ2v) is 5.29. The summed E-state index contributed by atoms with van der Waals surface area (Å²) in [4.78, 5) is 14.3. The predicted molar refractivity (Wildman–Crippen MR) is 70.2 cm³/mol. The van der Waals surface area contributed by atoms with Gasteiger partial charge in [-0.1, -0.05) is 12.8 Å². The normalized spacial score (nSPS) is 34.2. The van der Waals surface area contributed by atoms with Gasteiger partial charge >= 0.3 is 0 Å². The first kappa shape index (κ1) is 13.8. The maximum absolute atomic E-state index is 12.0. The third-order valence-electron chi connectivity index (χ3n) is 4.32. The summed E-state index contributed by atoms with van der Waals surface area (Å²) in [5, 5.41) is 2.74. The lowest BCUT2D eigenvalue weighted by Crippen LogP contribution is -2.59. The Bertz CT molecular complexity index is 285. The summed E-state index contributed by atoms with van der Waals surface area (Å²) in [7, 11) is 1.69. The minimum Gasteiger partial charge on any atom is -0.378 e. The number of ether oxygens (including phenoxy) is 1. The van der Waals surface area contributed by atoms with Crippen molar-refractivity contribution in [1.29, 1.82) is 0 Å². The third kappa shape index (κ3) is 2.84. The Balaban J connectivity index is 2.09. The highest BCUT2D eigenvalue weighted by Crippen LogP contribution is 2.30. The van der Waals surface area contributed by atoms with Gasteiger partial charge in [-0.2, -0.15) is 0 Å². The van der Waals surface area contributed by atoms with Crippen LogP contribution in [0, 0.1) is 5.92 Å². The molecular weight excluding hydrogens is 230 g/mol. The molecule has 3 N–H and O–H groups in total. The number of morpholine rings is 1. The van der Waals surface area contributed by atoms with Crippen molar-refractivity contribution in [3.05, 3.63) is 0 Å². The molecule has 0 aromatic heterocycles. The van der Waals surface area contributed by atoms with Crippen LogP contribution < -0.4 is 11.1 Å². The first-order valence-electron chi connectivity index (χ1n) is 7.03. The lowest BCUT2D eigenvalue weighted by atomic mass is 9.82. The fourth-order valence-corrected chi connectivity index (χ4v) is 3.31. The zero-order valence-corrected chi connectivity index (χ0v) is 11.2. The summed E-state index contributed by atoms with van der Waals surface area (Å²) in [6.45, 7) is 2.80. The Morgan fingerprint density at radius 1 is 1.44 bits per heavy atom. The summed E-state index contributed by atoms with van der Waals surface area (Å²) >= 11 is 0. The molecule has 5 heteroatoms. The first-order chi connectivity index (χ1) is 8.77. The van der Waals surface area contributed by atoms with E-state index in [0.29, 0.717) is 18.6 Å². The average molecular weight is 255 g/mol. The molecule has 104 valence electrons. The highest BCUT2D eigenvalue weighted by atomic mass is 16.5. The zero-order chi connectivity index (χ0) is 13.0. The molecule has 1 amide bonds. The fourth-order valence-electron chi connectivity index (χ4n) is 3.31. The molecule has 1 saturated heterocycles. The van der Waals surface area contributed by atoms with Gasteiger partial charge < -0.3 is 15.8 Å². The van der Waals surface area contributed by atoms with E-state index >= 15 is 0 Å². The number of carbonyl (C=O) groups is 1. The third-order valence-corrected chi connectivity index (χ3v) is 4.32. The highest BCUT2D eigenvalue weighted by Gasteiger charge is 2.37. The Morgan fingerprint density at radius 3 is 2.94 bits per heavy atom. The smallest absolute Gasteiger partial charge is 0.239 e. The van der Waals surface area contributed by atoms with Crippen molar-refractivity contribution in [2.45, 2.75) is 37.8 Å². The standard InChI is InChI=1S/C13H25N3O2/c1-15-13(17)12-9-18-7-6-16(12)11-5-3-2-4-10(11)8-14/h10-12H,2-9,14H2,1H3,(H,15,17). The van der Waals surface area contributed by atoms with E-state index in [0.717, 1.165) is 26.1 Å². The summed E-state index contributed by atoms with van der Waals surface area (Å²) in [6.07, 6.45) is 4.88. The van der Waals surface area contributed by atoms with Crippen molar-refractivity contribution in [3.8, 4) is 0 Å². The maximum Gasteiger partial charge on any atom is 0.239 e. The number of likely N-dealkylation sites (N-methyl/N-ethyl adjacent to an activating group) is 1. The topological polar surface area (TPSA) is 67.6 Å². The highest BCUT2D eigenvalue weighted by molar-refractivity contribution is 5.81. The number of nitrogens with one attached hydrogen (secondary N) is 1. The minimum atomic E-state index is -0.138. The monoisotopic (exact) mass is 255 g/mol. The number of amides is 1. The number of hydrogen-bond donors (Lipinski definition) is 2. The van der Waals surface area contributed by atoms with Crippen molar-refractivity contribution >= 4 is 5.91 Å². The average Bonchev–Trinajstić information content (AvgIpc) is 2.46. The van der Waals surface area contributed by atoms with E-state index in [1.165, 1.54) is 19.3 Å². The van der Waals surface area contributed by atoms with E-state index < -0.39 is 0 Å². The van der Waals surface area contributed by atoms with Gasteiger partial charge in [-0.25, -0.2) is 0 Å². The largest absolute Gasteiger partial charge is 0.378 e. The van der Waals surface area contributed by atoms with Gasteiger partial charge in [0.25, 0.3) is 0 Å². The molecule has 18 heavy (non-hydrogen) atoms. The van der Waals surface area contributed by atoms with E-state index in [4.69, 9.17) is 10.5 Å². The quantitative estimate of drug-likeness (QED) is 0.742. The number of nitrogens with zero attached hydrogens (tertiary/aromatic N) is 1. The van der Waals surface area contributed by atoms with Crippen LogP contribution in [0.1, 0.15) is 25.7 Å². The molecule has 2 rings (SSSR count). The van der Waals surface area contributed by atoms with Crippen LogP contribution in [-0.4, -0.2) is 56.2 Å². The van der Waals surface area contributed by atoms with Crippen LogP contribution in [0.2, 0.25) is 0 Å². The molecule has 0 radical (unpaired) electrons. The Labute approximate surface area is 109 Å². The molecule has 0 aromatic carbocycles. The van der Waals surface area contributed by atoms with Gasteiger partial charge in [-0.15, -0.1) is 0 Å². The van der Waals surface area contributed by atoms with Crippen molar-refractivity contribution in [2.75, 3.05) is 33.4 Å². The first-order valence-corrected chi connectivity index (χ1v) is 7.03. The molecule has 5 nitrogen and oxygen atoms in total. The summed E-state index contributed by atoms with van der Waals surface area (Å²) in [6, 6.07) is 0.316. The van der Waals surface area contributed by atoms with Crippen molar-refractivity contribution in [1.82, 2.24) is 10.2 Å². The molecule has 1 aliphatic heterocycles. The van der Waals surface area contributed by atoms with E-state index in [1.54, 1.807) is 7.05 Å². The molecule has 2 aliphatic rings. The van der Waals surface area contributed by atoms with Crippen LogP contribution in [0.5, 0.6) is 0 Å². The predicted octanol–water partition coefficient (Wildman–Crippen LogP) is -0.0493. The van der Waals surface area contributed by atoms with Crippen LogP contribution >= 0.6 is 0 Å². The van der Waals surface area contributed by atoms with E-state index in [-0.39, 0.29) is 11.9 Å². The number of carbonyl (C=O) groups excluding carboxylic acids is 1. The molecular formula is C13H25N3O2. The number of nitrogens with two attached hydrogens (primary N) is 1. The summed E-state index contributed by atoms with van der Waals surface area (Å²) in [5.74, 6) is 0.597. The number of rotatable bonds is 3. The molecule has 0 aromatic rings. The second-order valence-electron chi connectivity index (χ2n) is 5.29. The van der Waals surface area contributed by atoms with E-state index in [9.17, 15) is 4.79 Å². The van der Waals surface area contributed by atoms with Crippen molar-refractivity contribution in [2.24, 2.45) is 11.7 Å². The zero-order valence-electron chi connectivity index (χ0n) is 11.2. The van der Waals surface area contributed by atoms with Crippen LogP contribution in [0.3, 0.4) is 0 Å². The van der Waals surface area contributed by atoms with E-state index in [1.807, 2.05) is 0 Å². The molecule has 1 aliphatic carbocycles. The van der Waals surface area contributed by atoms with Gasteiger partial charge in [-0.3, -0.25) is 9.69 Å². The molecule has 3 atom stereocenters. The second kappa shape index (κ2) is 6.50. The lowest BCUT2D eigenvalue weighted by molar-refractivity contribution is -0.136. The lowest BCUT2D eigenvalue weighted by Gasteiger charge is -2.45. The van der Waals surface area contributed by atoms with Crippen molar-refractivity contribution in [3.63, 3.8) is 0 Å². The van der Waals surface area contributed by atoms with Gasteiger partial charge in [0.15, 0.2) is 0 Å². The van der Waals surface area contributed by atoms with Gasteiger partial charge in [-0.05, 0) is 25.3 Å². The summed E-state index contributed by atoms with van der Waals surface area (Å²) < 4.78 is 5.46. The molecule has 1 saturated carbocycles. The van der Waals surface area contributed by atoms with Crippen LogP contribution in [0.4, 0.5) is 0 Å². The Kier molecular flexibility index (Phi) is 4.97. The molecule has 3 unspecified atom stereocenters. The van der Waals surface area contributed by atoms with Gasteiger partial charge in [0.05, 0.1) is 13.2 Å². The van der Waals surface area contributed by atoms with Crippen LogP contribution in [0.15, 0.2) is 0 Å². The Hall–Kier alpha value is -0.650. The van der Waals surface area contributed by atoms with E-state index in [2.05, 4.69) is 10.2 Å². The maximum atomic E-state index is 12.0. The van der Waals surface area contributed by atoms with Crippen molar-refractivity contribution < 1.29 is 9.53 Å². The van der Waals surface area contributed by atoms with Crippen LogP contribution in [0.25, 0.3) is 0 Å². The SMILES string of the molecule is CNC(=O)C1COCCN1C1CCCCC1CN. The molecule has 0 bridgehead atoms. The Morgan fingerprint density at radius 2 is 2.22 bits per heavy atom. The molecule has 0 spiro atoms. The minimum absolute atomic E-state index is 0.0658. The van der Waals surface area contributed by atoms with Gasteiger partial charge in [0, 0.05) is 19.6 Å². The molecule has 2 fully saturated rings. The van der Waals surface area contributed by atoms with Gasteiger partial charge in [0.2, 0.25) is 5.91 Å². The number of hydrogen-bond acceptors (Lipinski definition) is 4. The van der Waals surface area contributed by atoms with Gasteiger partial charge in [0.1, 0.15) is 6.04 Å². The summed E-state index contributed by atoms with van der Waals surface area (Å²) in [5.41, 5.74) is 5.90.